The zero-order valence-electron chi connectivity index (χ0n) is 17.4. The Morgan fingerprint density at radius 2 is 1.77 bits per heavy atom. The van der Waals surface area contributed by atoms with Gasteiger partial charge in [-0.25, -0.2) is 0 Å². The molecule has 0 radical (unpaired) electrons. The van der Waals surface area contributed by atoms with E-state index < -0.39 is 5.72 Å². The number of H-pyrrole nitrogens is 1. The highest BCUT2D eigenvalue weighted by molar-refractivity contribution is 6.01. The number of methoxy groups -OCH3 is 2. The number of amides is 2. The van der Waals surface area contributed by atoms with E-state index in [0.29, 0.717) is 54.4 Å². The number of rotatable bonds is 3. The molecule has 8 nitrogen and oxygen atoms in total. The van der Waals surface area contributed by atoms with Gasteiger partial charge in [-0.15, -0.1) is 0 Å². The molecule has 0 unspecified atom stereocenters. The Labute approximate surface area is 179 Å². The maximum Gasteiger partial charge on any atom is 0.270 e. The molecule has 0 bridgehead atoms. The molecule has 1 fully saturated rings. The van der Waals surface area contributed by atoms with Crippen molar-refractivity contribution in [2.24, 2.45) is 0 Å². The molecule has 1 saturated heterocycles. The van der Waals surface area contributed by atoms with Crippen molar-refractivity contribution in [3.8, 4) is 17.2 Å². The van der Waals surface area contributed by atoms with E-state index in [9.17, 15) is 9.59 Å². The zero-order valence-corrected chi connectivity index (χ0v) is 17.4. The standard InChI is InChI=1S/C23H23N3O5/c1-29-17-7-8-19(30-2)20-15(17)13-16(24-20)22(28)26-11-9-23(10-12-26)25-21(27)14-5-3-4-6-18(14)31-23/h3-8,13,24H,9-12H2,1-2H3,(H,25,27). The maximum absolute atomic E-state index is 13.2. The van der Waals surface area contributed by atoms with E-state index in [4.69, 9.17) is 14.2 Å². The molecule has 2 N–H and O–H groups in total. The Balaban J connectivity index is 1.36. The summed E-state index contributed by atoms with van der Waals surface area (Å²) in [6, 6.07) is 12.6. The fraction of sp³-hybridized carbons (Fsp3) is 0.304. The average Bonchev–Trinajstić information content (AvgIpc) is 3.24. The SMILES string of the molecule is COc1ccc(OC)c2[nH]c(C(=O)N3CCC4(CC3)NC(=O)c3ccccc3O4)cc12. The van der Waals surface area contributed by atoms with Gasteiger partial charge in [0.2, 0.25) is 0 Å². The van der Waals surface area contributed by atoms with Crippen LogP contribution >= 0.6 is 0 Å². The van der Waals surface area contributed by atoms with E-state index in [2.05, 4.69) is 10.3 Å². The molecular weight excluding hydrogens is 398 g/mol. The van der Waals surface area contributed by atoms with Crippen molar-refractivity contribution < 1.29 is 23.8 Å². The minimum absolute atomic E-state index is 0.113. The predicted molar refractivity (Wildman–Crippen MR) is 114 cm³/mol. The summed E-state index contributed by atoms with van der Waals surface area (Å²) >= 11 is 0. The highest BCUT2D eigenvalue weighted by Gasteiger charge is 2.43. The van der Waals surface area contributed by atoms with Crippen molar-refractivity contribution in [3.63, 3.8) is 0 Å². The van der Waals surface area contributed by atoms with E-state index >= 15 is 0 Å². The molecule has 1 spiro atoms. The zero-order chi connectivity index (χ0) is 21.6. The first-order valence-electron chi connectivity index (χ1n) is 10.2. The number of aromatic nitrogens is 1. The van der Waals surface area contributed by atoms with Gasteiger partial charge in [0.1, 0.15) is 22.9 Å². The van der Waals surface area contributed by atoms with Crippen LogP contribution in [-0.4, -0.2) is 54.7 Å². The molecule has 0 saturated carbocycles. The van der Waals surface area contributed by atoms with E-state index in [-0.39, 0.29) is 11.8 Å². The van der Waals surface area contributed by atoms with Crippen molar-refractivity contribution in [2.45, 2.75) is 18.6 Å². The summed E-state index contributed by atoms with van der Waals surface area (Å²) in [5.41, 5.74) is 0.938. The van der Waals surface area contributed by atoms with Crippen molar-refractivity contribution in [2.75, 3.05) is 27.3 Å². The van der Waals surface area contributed by atoms with Gasteiger partial charge in [-0.2, -0.15) is 0 Å². The van der Waals surface area contributed by atoms with Gasteiger partial charge >= 0.3 is 0 Å². The minimum atomic E-state index is -0.783. The van der Waals surface area contributed by atoms with Gasteiger partial charge < -0.3 is 29.4 Å². The van der Waals surface area contributed by atoms with E-state index in [0.717, 1.165) is 10.9 Å². The van der Waals surface area contributed by atoms with Gasteiger partial charge in [0.05, 0.1) is 25.3 Å². The topological polar surface area (TPSA) is 92.9 Å². The third-order valence-electron chi connectivity index (χ3n) is 6.02. The largest absolute Gasteiger partial charge is 0.496 e. The minimum Gasteiger partial charge on any atom is -0.496 e. The Bertz CT molecular complexity index is 1140. The summed E-state index contributed by atoms with van der Waals surface area (Å²) in [5.74, 6) is 1.64. The number of benzene rings is 2. The second kappa shape index (κ2) is 7.23. The molecule has 1 aromatic heterocycles. The Morgan fingerprint density at radius 1 is 1.06 bits per heavy atom. The van der Waals surface area contributed by atoms with Gasteiger partial charge in [-0.1, -0.05) is 12.1 Å². The second-order valence-corrected chi connectivity index (χ2v) is 7.78. The van der Waals surface area contributed by atoms with Crippen LogP contribution in [0.3, 0.4) is 0 Å². The van der Waals surface area contributed by atoms with Gasteiger partial charge in [-0.05, 0) is 30.3 Å². The van der Waals surface area contributed by atoms with Gasteiger partial charge in [0, 0.05) is 31.3 Å². The van der Waals surface area contributed by atoms with Crippen LogP contribution in [0, 0.1) is 0 Å². The average molecular weight is 421 g/mol. The molecule has 0 aliphatic carbocycles. The maximum atomic E-state index is 13.2. The smallest absolute Gasteiger partial charge is 0.270 e. The van der Waals surface area contributed by atoms with Crippen LogP contribution in [0.5, 0.6) is 17.2 Å². The van der Waals surface area contributed by atoms with Crippen molar-refractivity contribution >= 4 is 22.7 Å². The van der Waals surface area contributed by atoms with Gasteiger partial charge in [-0.3, -0.25) is 9.59 Å². The number of fused-ring (bicyclic) bond motifs is 2. The molecule has 3 heterocycles. The van der Waals surface area contributed by atoms with Crippen LogP contribution < -0.4 is 19.5 Å². The van der Waals surface area contributed by atoms with Crippen LogP contribution in [0.4, 0.5) is 0 Å². The number of nitrogens with zero attached hydrogens (tertiary/aromatic N) is 1. The molecule has 5 rings (SSSR count). The number of likely N-dealkylation sites (tertiary alicyclic amines) is 1. The molecule has 2 aromatic carbocycles. The number of hydrogen-bond donors (Lipinski definition) is 2. The van der Waals surface area contributed by atoms with Gasteiger partial charge in [0.25, 0.3) is 11.8 Å². The number of ether oxygens (including phenoxy) is 3. The normalized spacial score (nSPS) is 17.1. The van der Waals surface area contributed by atoms with Crippen LogP contribution in [0.1, 0.15) is 33.7 Å². The number of nitrogens with one attached hydrogen (secondary N) is 2. The molecule has 31 heavy (non-hydrogen) atoms. The number of carbonyl (C=O) groups is 2. The summed E-state index contributed by atoms with van der Waals surface area (Å²) in [7, 11) is 3.18. The monoisotopic (exact) mass is 421 g/mol. The molecule has 2 aliphatic rings. The lowest BCUT2D eigenvalue weighted by Gasteiger charge is -2.44. The predicted octanol–water partition coefficient (Wildman–Crippen LogP) is 2.94. The third-order valence-corrected chi connectivity index (χ3v) is 6.02. The fourth-order valence-corrected chi connectivity index (χ4v) is 4.35. The summed E-state index contributed by atoms with van der Waals surface area (Å²) in [5, 5.41) is 3.79. The van der Waals surface area contributed by atoms with Crippen LogP contribution in [0.15, 0.2) is 42.5 Å². The molecule has 2 amide bonds. The van der Waals surface area contributed by atoms with Gasteiger partial charge in [0.15, 0.2) is 5.72 Å². The molecule has 0 atom stereocenters. The first-order chi connectivity index (χ1) is 15.0. The van der Waals surface area contributed by atoms with Crippen molar-refractivity contribution in [3.05, 3.63) is 53.7 Å². The molecular formula is C23H23N3O5. The number of piperidine rings is 1. The van der Waals surface area contributed by atoms with Crippen molar-refractivity contribution in [1.29, 1.82) is 0 Å². The Kier molecular flexibility index (Phi) is 4.50. The van der Waals surface area contributed by atoms with Crippen molar-refractivity contribution in [1.82, 2.24) is 15.2 Å². The summed E-state index contributed by atoms with van der Waals surface area (Å²) in [6.45, 7) is 0.926. The lowest BCUT2D eigenvalue weighted by atomic mass is 9.96. The Morgan fingerprint density at radius 3 is 2.52 bits per heavy atom. The lowest BCUT2D eigenvalue weighted by Crippen LogP contribution is -2.61. The number of para-hydroxylation sites is 1. The molecule has 2 aliphatic heterocycles. The second-order valence-electron chi connectivity index (χ2n) is 7.78. The quantitative estimate of drug-likeness (QED) is 0.678. The number of aromatic amines is 1. The molecule has 8 heteroatoms. The molecule has 160 valence electrons. The van der Waals surface area contributed by atoms with E-state index in [1.807, 2.05) is 18.2 Å². The third kappa shape index (κ3) is 3.15. The Hall–Kier alpha value is -3.68. The summed E-state index contributed by atoms with van der Waals surface area (Å²) < 4.78 is 17.0. The first-order valence-corrected chi connectivity index (χ1v) is 10.2. The molecule has 3 aromatic rings. The fourth-order valence-electron chi connectivity index (χ4n) is 4.35. The van der Waals surface area contributed by atoms with E-state index in [1.54, 1.807) is 43.4 Å². The van der Waals surface area contributed by atoms with Crippen LogP contribution in [-0.2, 0) is 0 Å². The summed E-state index contributed by atoms with van der Waals surface area (Å²) in [4.78, 5) is 30.7. The lowest BCUT2D eigenvalue weighted by molar-refractivity contribution is -0.0246. The number of carbonyl (C=O) groups excluding carboxylic acids is 2. The van der Waals surface area contributed by atoms with E-state index in [1.165, 1.54) is 0 Å². The highest BCUT2D eigenvalue weighted by Crippen LogP contribution is 2.35. The van der Waals surface area contributed by atoms with Crippen LogP contribution in [0.25, 0.3) is 10.9 Å². The highest BCUT2D eigenvalue weighted by atomic mass is 16.5. The first kappa shape index (κ1) is 19.3. The number of hydrogen-bond acceptors (Lipinski definition) is 5. The summed E-state index contributed by atoms with van der Waals surface area (Å²) in [6.07, 6.45) is 1.01. The van der Waals surface area contributed by atoms with Crippen LogP contribution in [0.2, 0.25) is 0 Å².